The number of hydrogen-bond acceptors (Lipinski definition) is 6. The highest BCUT2D eigenvalue weighted by atomic mass is 32.2. The van der Waals surface area contributed by atoms with Crippen LogP contribution in [0.25, 0.3) is 16.6 Å². The number of rotatable bonds is 4. The Labute approximate surface area is 206 Å². The number of carbonyl (C=O) groups is 1. The molecule has 0 bridgehead atoms. The Bertz CT molecular complexity index is 1480. The van der Waals surface area contributed by atoms with E-state index >= 15 is 0 Å². The van der Waals surface area contributed by atoms with Crippen LogP contribution < -0.4 is 0 Å². The SMILES string of the molecule is CC(=O)N1CCC(n2ncc(-c3cc(Sc4nccc(C)c4F)c4c(C#N)cnn4c3)c2C)CC1. The Hall–Kier alpha value is -3.71. The molecule has 8 nitrogen and oxygen atoms in total. The topological polar surface area (TPSA) is 92.1 Å². The molecular weight excluding hydrogens is 465 g/mol. The molecule has 1 amide bonds. The summed E-state index contributed by atoms with van der Waals surface area (Å²) in [7, 11) is 0. The van der Waals surface area contributed by atoms with E-state index in [1.807, 2.05) is 35.0 Å². The number of halogens is 1. The molecule has 0 aromatic carbocycles. The van der Waals surface area contributed by atoms with Crippen LogP contribution in [0.3, 0.4) is 0 Å². The Morgan fingerprint density at radius 1 is 1.23 bits per heavy atom. The van der Waals surface area contributed by atoms with Crippen molar-refractivity contribution in [2.24, 2.45) is 0 Å². The number of hydrogen-bond donors (Lipinski definition) is 0. The van der Waals surface area contributed by atoms with Gasteiger partial charge < -0.3 is 4.90 Å². The molecule has 4 aromatic heterocycles. The predicted molar refractivity (Wildman–Crippen MR) is 129 cm³/mol. The van der Waals surface area contributed by atoms with Crippen LogP contribution in [0.1, 0.15) is 42.6 Å². The van der Waals surface area contributed by atoms with Gasteiger partial charge in [0.2, 0.25) is 5.91 Å². The molecule has 0 radical (unpaired) electrons. The second kappa shape index (κ2) is 9.15. The average molecular weight is 490 g/mol. The van der Waals surface area contributed by atoms with E-state index in [0.717, 1.165) is 42.8 Å². The molecule has 1 saturated heterocycles. The van der Waals surface area contributed by atoms with E-state index in [4.69, 9.17) is 0 Å². The van der Waals surface area contributed by atoms with Crippen molar-refractivity contribution >= 4 is 23.2 Å². The standard InChI is InChI=1S/C25H24FN7OS/c1-15-4-7-28-25(23(15)26)35-22-10-18(14-32-24(22)19(11-27)12-29-32)21-13-30-33(16(21)2)20-5-8-31(9-6-20)17(3)34/h4,7,10,12-14,20H,5-6,8-9H2,1-3H3. The van der Waals surface area contributed by atoms with Crippen molar-refractivity contribution in [1.29, 1.82) is 5.26 Å². The van der Waals surface area contributed by atoms with Crippen molar-refractivity contribution in [3.63, 3.8) is 0 Å². The summed E-state index contributed by atoms with van der Waals surface area (Å²) >= 11 is 1.18. The van der Waals surface area contributed by atoms with Gasteiger partial charge in [-0.15, -0.1) is 0 Å². The van der Waals surface area contributed by atoms with Gasteiger partial charge >= 0.3 is 0 Å². The number of piperidine rings is 1. The van der Waals surface area contributed by atoms with Crippen LogP contribution in [0.4, 0.5) is 4.39 Å². The fraction of sp³-hybridized carbons (Fsp3) is 0.320. The minimum atomic E-state index is -0.375. The number of likely N-dealkylation sites (tertiary alicyclic amines) is 1. The number of aryl methyl sites for hydroxylation is 1. The third-order valence-electron chi connectivity index (χ3n) is 6.57. The normalized spacial score (nSPS) is 14.4. The summed E-state index contributed by atoms with van der Waals surface area (Å²) < 4.78 is 18.5. The second-order valence-electron chi connectivity index (χ2n) is 8.73. The summed E-state index contributed by atoms with van der Waals surface area (Å²) in [6.45, 7) is 6.78. The maximum absolute atomic E-state index is 14.8. The number of fused-ring (bicyclic) bond motifs is 1. The molecule has 0 atom stereocenters. The number of pyridine rings is 2. The number of nitrogens with zero attached hydrogens (tertiary/aromatic N) is 7. The second-order valence-corrected chi connectivity index (χ2v) is 9.76. The molecule has 5 rings (SSSR count). The largest absolute Gasteiger partial charge is 0.343 e. The molecule has 0 aliphatic carbocycles. The van der Waals surface area contributed by atoms with Gasteiger partial charge in [0.15, 0.2) is 5.82 Å². The fourth-order valence-corrected chi connectivity index (χ4v) is 5.64. The number of aromatic nitrogens is 5. The van der Waals surface area contributed by atoms with Crippen molar-refractivity contribution in [2.75, 3.05) is 13.1 Å². The zero-order chi connectivity index (χ0) is 24.7. The monoisotopic (exact) mass is 489 g/mol. The van der Waals surface area contributed by atoms with Gasteiger partial charge in [-0.1, -0.05) is 11.8 Å². The third kappa shape index (κ3) is 4.17. The molecule has 0 N–H and O–H groups in total. The summed E-state index contributed by atoms with van der Waals surface area (Å²) in [6.07, 6.45) is 8.50. The van der Waals surface area contributed by atoms with Gasteiger partial charge in [0.1, 0.15) is 11.1 Å². The van der Waals surface area contributed by atoms with Crippen LogP contribution in [0.2, 0.25) is 0 Å². The van der Waals surface area contributed by atoms with Crippen molar-refractivity contribution in [3.05, 3.63) is 59.6 Å². The highest BCUT2D eigenvalue weighted by Crippen LogP contribution is 2.37. The van der Waals surface area contributed by atoms with Gasteiger partial charge in [-0.3, -0.25) is 9.48 Å². The van der Waals surface area contributed by atoms with Crippen LogP contribution in [0.5, 0.6) is 0 Å². The molecule has 1 aliphatic rings. The van der Waals surface area contributed by atoms with Crippen LogP contribution in [-0.2, 0) is 4.79 Å². The summed E-state index contributed by atoms with van der Waals surface area (Å²) in [4.78, 5) is 18.5. The van der Waals surface area contributed by atoms with Crippen molar-refractivity contribution in [1.82, 2.24) is 29.3 Å². The highest BCUT2D eigenvalue weighted by Gasteiger charge is 2.25. The van der Waals surface area contributed by atoms with Crippen LogP contribution in [0, 0.1) is 31.0 Å². The minimum absolute atomic E-state index is 0.107. The first-order valence-corrected chi connectivity index (χ1v) is 12.2. The molecule has 1 fully saturated rings. The minimum Gasteiger partial charge on any atom is -0.343 e. The van der Waals surface area contributed by atoms with E-state index in [0.29, 0.717) is 21.5 Å². The number of carbonyl (C=O) groups excluding carboxylic acids is 1. The molecule has 1 aliphatic heterocycles. The van der Waals surface area contributed by atoms with Gasteiger partial charge in [0.25, 0.3) is 0 Å². The van der Waals surface area contributed by atoms with Crippen LogP contribution >= 0.6 is 11.8 Å². The zero-order valence-corrected chi connectivity index (χ0v) is 20.5. The molecule has 10 heteroatoms. The Morgan fingerprint density at radius 2 is 2.00 bits per heavy atom. The number of nitriles is 1. The maximum Gasteiger partial charge on any atom is 0.219 e. The van der Waals surface area contributed by atoms with Crippen LogP contribution in [0.15, 0.2) is 46.8 Å². The Balaban J connectivity index is 1.54. The van der Waals surface area contributed by atoms with Gasteiger partial charge in [0, 0.05) is 54.1 Å². The molecule has 178 valence electrons. The first-order valence-electron chi connectivity index (χ1n) is 11.4. The third-order valence-corrected chi connectivity index (χ3v) is 7.57. The lowest BCUT2D eigenvalue weighted by Gasteiger charge is -2.32. The Morgan fingerprint density at radius 3 is 2.71 bits per heavy atom. The Kier molecular flexibility index (Phi) is 6.03. The van der Waals surface area contributed by atoms with E-state index in [2.05, 4.69) is 21.3 Å². The van der Waals surface area contributed by atoms with Gasteiger partial charge in [0.05, 0.1) is 29.5 Å². The fourth-order valence-electron chi connectivity index (χ4n) is 4.58. The average Bonchev–Trinajstić information content (AvgIpc) is 3.45. The lowest BCUT2D eigenvalue weighted by molar-refractivity contribution is -0.130. The lowest BCUT2D eigenvalue weighted by atomic mass is 10.0. The number of amides is 1. The smallest absolute Gasteiger partial charge is 0.219 e. The molecule has 0 spiro atoms. The molecular formula is C25H24FN7OS. The van der Waals surface area contributed by atoms with Gasteiger partial charge in [-0.2, -0.15) is 15.5 Å². The van der Waals surface area contributed by atoms with E-state index in [9.17, 15) is 14.4 Å². The van der Waals surface area contributed by atoms with E-state index in [1.165, 1.54) is 18.0 Å². The molecule has 0 saturated carbocycles. The van der Waals surface area contributed by atoms with Crippen molar-refractivity contribution in [3.8, 4) is 17.2 Å². The summed E-state index contributed by atoms with van der Waals surface area (Å²) in [5.74, 6) is -0.268. The molecule has 0 unspecified atom stereocenters. The first-order chi connectivity index (χ1) is 16.9. The van der Waals surface area contributed by atoms with E-state index in [-0.39, 0.29) is 22.8 Å². The van der Waals surface area contributed by atoms with Crippen LogP contribution in [-0.4, -0.2) is 48.3 Å². The summed E-state index contributed by atoms with van der Waals surface area (Å²) in [5.41, 5.74) is 4.35. The van der Waals surface area contributed by atoms with Gasteiger partial charge in [-0.05, 0) is 44.4 Å². The predicted octanol–water partition coefficient (Wildman–Crippen LogP) is 4.56. The first kappa shape index (κ1) is 23.1. The highest BCUT2D eigenvalue weighted by molar-refractivity contribution is 7.99. The summed E-state index contributed by atoms with van der Waals surface area (Å²) in [6, 6.07) is 5.97. The molecule has 35 heavy (non-hydrogen) atoms. The maximum atomic E-state index is 14.8. The van der Waals surface area contributed by atoms with E-state index in [1.54, 1.807) is 30.6 Å². The lowest BCUT2D eigenvalue weighted by Crippen LogP contribution is -2.38. The quantitative estimate of drug-likeness (QED) is 0.417. The zero-order valence-electron chi connectivity index (χ0n) is 19.7. The molecule has 4 aromatic rings. The van der Waals surface area contributed by atoms with Gasteiger partial charge in [-0.25, -0.2) is 13.9 Å². The summed E-state index contributed by atoms with van der Waals surface area (Å²) in [5, 5.41) is 18.9. The van der Waals surface area contributed by atoms with Crippen molar-refractivity contribution in [2.45, 2.75) is 49.6 Å². The molecule has 5 heterocycles. The van der Waals surface area contributed by atoms with Crippen molar-refractivity contribution < 1.29 is 9.18 Å². The van der Waals surface area contributed by atoms with E-state index < -0.39 is 0 Å².